The molecule has 1 aromatic heterocycles. The molecular weight excluding hydrogens is 306 g/mol. The topological polar surface area (TPSA) is 68.5 Å². The number of methoxy groups -OCH3 is 1. The minimum Gasteiger partial charge on any atom is -0.497 e. The van der Waals surface area contributed by atoms with E-state index in [-0.39, 0.29) is 11.8 Å². The smallest absolute Gasteiger partial charge is 0.230 e. The molecule has 1 aliphatic rings. The summed E-state index contributed by atoms with van der Waals surface area (Å²) in [4.78, 5) is 18.4. The van der Waals surface area contributed by atoms with Gasteiger partial charge in [0.25, 0.3) is 0 Å². The van der Waals surface area contributed by atoms with Gasteiger partial charge in [0.2, 0.25) is 17.6 Å². The van der Waals surface area contributed by atoms with Crippen LogP contribution in [0.3, 0.4) is 0 Å². The van der Waals surface area contributed by atoms with Crippen molar-refractivity contribution in [1.29, 1.82) is 0 Å². The Morgan fingerprint density at radius 3 is 2.88 bits per heavy atom. The molecule has 0 saturated carbocycles. The molecule has 0 atom stereocenters. The van der Waals surface area contributed by atoms with Crippen LogP contribution in [-0.2, 0) is 4.79 Å². The number of amides is 1. The number of hydrogen-bond donors (Lipinski definition) is 0. The second-order valence-electron chi connectivity index (χ2n) is 6.09. The number of benzene rings is 1. The SMILES string of the molecule is CCCC(=O)N1CCC(c2nc(-c3cccc(OC)c3)no2)CC1. The van der Waals surface area contributed by atoms with Crippen LogP contribution in [0.15, 0.2) is 28.8 Å². The second-order valence-corrected chi connectivity index (χ2v) is 6.09. The lowest BCUT2D eigenvalue weighted by molar-refractivity contribution is -0.132. The molecule has 1 saturated heterocycles. The first-order valence-corrected chi connectivity index (χ1v) is 8.47. The van der Waals surface area contributed by atoms with E-state index >= 15 is 0 Å². The van der Waals surface area contributed by atoms with Crippen molar-refractivity contribution in [3.63, 3.8) is 0 Å². The van der Waals surface area contributed by atoms with Crippen LogP contribution in [0.5, 0.6) is 5.75 Å². The van der Waals surface area contributed by atoms with E-state index in [9.17, 15) is 4.79 Å². The van der Waals surface area contributed by atoms with Gasteiger partial charge in [0, 0.05) is 31.0 Å². The average Bonchev–Trinajstić information content (AvgIpc) is 3.12. The van der Waals surface area contributed by atoms with Crippen LogP contribution in [0, 0.1) is 0 Å². The Labute approximate surface area is 141 Å². The van der Waals surface area contributed by atoms with E-state index in [1.54, 1.807) is 7.11 Å². The maximum atomic E-state index is 12.0. The van der Waals surface area contributed by atoms with E-state index in [1.807, 2.05) is 36.1 Å². The summed E-state index contributed by atoms with van der Waals surface area (Å²) in [6, 6.07) is 7.61. The van der Waals surface area contributed by atoms with E-state index in [2.05, 4.69) is 10.1 Å². The lowest BCUT2D eigenvalue weighted by Crippen LogP contribution is -2.37. The quantitative estimate of drug-likeness (QED) is 0.842. The van der Waals surface area contributed by atoms with Crippen molar-refractivity contribution < 1.29 is 14.1 Å². The van der Waals surface area contributed by atoms with Gasteiger partial charge in [-0.25, -0.2) is 0 Å². The van der Waals surface area contributed by atoms with Crippen molar-refractivity contribution in [3.8, 4) is 17.1 Å². The lowest BCUT2D eigenvalue weighted by atomic mass is 9.96. The zero-order chi connectivity index (χ0) is 16.9. The van der Waals surface area contributed by atoms with Gasteiger partial charge >= 0.3 is 0 Å². The van der Waals surface area contributed by atoms with Crippen LogP contribution in [-0.4, -0.2) is 41.1 Å². The third-order valence-corrected chi connectivity index (χ3v) is 4.43. The number of carbonyl (C=O) groups excluding carboxylic acids is 1. The van der Waals surface area contributed by atoms with Crippen molar-refractivity contribution in [1.82, 2.24) is 15.0 Å². The molecule has 6 nitrogen and oxygen atoms in total. The van der Waals surface area contributed by atoms with Gasteiger partial charge in [-0.1, -0.05) is 24.2 Å². The first kappa shape index (κ1) is 16.5. The van der Waals surface area contributed by atoms with Crippen LogP contribution in [0.4, 0.5) is 0 Å². The molecule has 0 spiro atoms. The summed E-state index contributed by atoms with van der Waals surface area (Å²) in [7, 11) is 1.63. The zero-order valence-corrected chi connectivity index (χ0v) is 14.2. The molecule has 2 heterocycles. The van der Waals surface area contributed by atoms with Crippen molar-refractivity contribution in [2.75, 3.05) is 20.2 Å². The van der Waals surface area contributed by atoms with Gasteiger partial charge in [-0.05, 0) is 31.4 Å². The molecule has 0 bridgehead atoms. The summed E-state index contributed by atoms with van der Waals surface area (Å²) in [6.07, 6.45) is 3.27. The highest BCUT2D eigenvalue weighted by molar-refractivity contribution is 5.76. The molecule has 1 fully saturated rings. The van der Waals surface area contributed by atoms with Crippen molar-refractivity contribution in [2.24, 2.45) is 0 Å². The normalized spacial score (nSPS) is 15.5. The number of piperidine rings is 1. The molecule has 1 aliphatic heterocycles. The fourth-order valence-corrected chi connectivity index (χ4v) is 3.03. The summed E-state index contributed by atoms with van der Waals surface area (Å²) in [5, 5.41) is 4.10. The summed E-state index contributed by atoms with van der Waals surface area (Å²) in [5.41, 5.74) is 0.875. The zero-order valence-electron chi connectivity index (χ0n) is 14.2. The van der Waals surface area contributed by atoms with E-state index in [1.165, 1.54) is 0 Å². The van der Waals surface area contributed by atoms with E-state index in [4.69, 9.17) is 9.26 Å². The molecule has 0 radical (unpaired) electrons. The summed E-state index contributed by atoms with van der Waals surface area (Å²) < 4.78 is 10.7. The molecule has 24 heavy (non-hydrogen) atoms. The first-order valence-electron chi connectivity index (χ1n) is 8.47. The van der Waals surface area contributed by atoms with Crippen LogP contribution < -0.4 is 4.74 Å². The standard InChI is InChI=1S/C18H23N3O3/c1-3-5-16(22)21-10-8-13(9-11-21)18-19-17(20-24-18)14-6-4-7-15(12-14)23-2/h4,6-7,12-13H,3,5,8-11H2,1-2H3. The summed E-state index contributed by atoms with van der Waals surface area (Å²) in [6.45, 7) is 3.56. The fraction of sp³-hybridized carbons (Fsp3) is 0.500. The predicted octanol–water partition coefficient (Wildman–Crippen LogP) is 3.25. The van der Waals surface area contributed by atoms with Crippen LogP contribution in [0.1, 0.15) is 44.4 Å². The number of nitrogens with zero attached hydrogens (tertiary/aromatic N) is 3. The number of carbonyl (C=O) groups is 1. The van der Waals surface area contributed by atoms with Crippen molar-refractivity contribution in [3.05, 3.63) is 30.2 Å². The van der Waals surface area contributed by atoms with E-state index in [0.717, 1.165) is 43.7 Å². The predicted molar refractivity (Wildman–Crippen MR) is 89.7 cm³/mol. The van der Waals surface area contributed by atoms with Gasteiger partial charge in [-0.2, -0.15) is 4.98 Å². The van der Waals surface area contributed by atoms with E-state index < -0.39 is 0 Å². The third-order valence-electron chi connectivity index (χ3n) is 4.43. The van der Waals surface area contributed by atoms with Gasteiger partial charge in [0.1, 0.15) is 5.75 Å². The molecule has 0 aliphatic carbocycles. The Balaban J connectivity index is 1.65. The molecule has 6 heteroatoms. The fourth-order valence-electron chi connectivity index (χ4n) is 3.03. The van der Waals surface area contributed by atoms with Crippen LogP contribution in [0.2, 0.25) is 0 Å². The van der Waals surface area contributed by atoms with Gasteiger partial charge in [0.05, 0.1) is 7.11 Å². The molecule has 128 valence electrons. The highest BCUT2D eigenvalue weighted by Gasteiger charge is 2.27. The van der Waals surface area contributed by atoms with Crippen LogP contribution in [0.25, 0.3) is 11.4 Å². The summed E-state index contributed by atoms with van der Waals surface area (Å²) in [5.74, 6) is 2.48. The molecule has 1 aromatic carbocycles. The van der Waals surface area contributed by atoms with Gasteiger partial charge in [-0.15, -0.1) is 0 Å². The molecule has 1 amide bonds. The third kappa shape index (κ3) is 3.58. The number of rotatable bonds is 5. The summed E-state index contributed by atoms with van der Waals surface area (Å²) >= 11 is 0. The lowest BCUT2D eigenvalue weighted by Gasteiger charge is -2.30. The molecular formula is C18H23N3O3. The number of ether oxygens (including phenoxy) is 1. The average molecular weight is 329 g/mol. The highest BCUT2D eigenvalue weighted by atomic mass is 16.5. The maximum absolute atomic E-state index is 12.0. The Kier molecular flexibility index (Phi) is 5.13. The van der Waals surface area contributed by atoms with Crippen molar-refractivity contribution >= 4 is 5.91 Å². The monoisotopic (exact) mass is 329 g/mol. The number of likely N-dealkylation sites (tertiary alicyclic amines) is 1. The van der Waals surface area contributed by atoms with Gasteiger partial charge in [-0.3, -0.25) is 4.79 Å². The molecule has 3 rings (SSSR count). The Morgan fingerprint density at radius 2 is 2.17 bits per heavy atom. The number of hydrogen-bond acceptors (Lipinski definition) is 5. The molecule has 0 unspecified atom stereocenters. The maximum Gasteiger partial charge on any atom is 0.230 e. The Morgan fingerprint density at radius 1 is 1.38 bits per heavy atom. The highest BCUT2D eigenvalue weighted by Crippen LogP contribution is 2.29. The van der Waals surface area contributed by atoms with Crippen LogP contribution >= 0.6 is 0 Å². The Hall–Kier alpha value is -2.37. The van der Waals surface area contributed by atoms with Gasteiger partial charge < -0.3 is 14.2 Å². The molecule has 2 aromatic rings. The second kappa shape index (κ2) is 7.47. The van der Waals surface area contributed by atoms with Gasteiger partial charge in [0.15, 0.2) is 0 Å². The first-order chi connectivity index (χ1) is 11.7. The Bertz CT molecular complexity index is 690. The minimum atomic E-state index is 0.225. The number of aromatic nitrogens is 2. The van der Waals surface area contributed by atoms with Crippen molar-refractivity contribution in [2.45, 2.75) is 38.5 Å². The largest absolute Gasteiger partial charge is 0.497 e. The molecule has 0 N–H and O–H groups in total. The minimum absolute atomic E-state index is 0.225. The van der Waals surface area contributed by atoms with E-state index in [0.29, 0.717) is 18.1 Å².